The summed E-state index contributed by atoms with van der Waals surface area (Å²) in [6, 6.07) is 8.00. The SMILES string of the molecule is Cc1nc2cc(Sc3ccncc3)c(N)cc2s1. The fraction of sp³-hybridized carbons (Fsp3) is 0.0769. The molecule has 90 valence electrons. The lowest BCUT2D eigenvalue weighted by Crippen LogP contribution is -1.88. The minimum Gasteiger partial charge on any atom is -0.398 e. The van der Waals surface area contributed by atoms with Crippen LogP contribution in [-0.4, -0.2) is 9.97 Å². The first-order chi connectivity index (χ1) is 8.72. The first kappa shape index (κ1) is 11.5. The van der Waals surface area contributed by atoms with Crippen molar-refractivity contribution in [3.8, 4) is 0 Å². The third kappa shape index (κ3) is 2.19. The van der Waals surface area contributed by atoms with Crippen LogP contribution in [0.2, 0.25) is 0 Å². The van der Waals surface area contributed by atoms with Gasteiger partial charge in [0.1, 0.15) is 0 Å². The van der Waals surface area contributed by atoms with Gasteiger partial charge in [-0.3, -0.25) is 4.98 Å². The molecule has 18 heavy (non-hydrogen) atoms. The number of hydrogen-bond donors (Lipinski definition) is 1. The monoisotopic (exact) mass is 273 g/mol. The van der Waals surface area contributed by atoms with Crippen molar-refractivity contribution in [2.45, 2.75) is 16.7 Å². The molecular formula is C13H11N3S2. The van der Waals surface area contributed by atoms with E-state index in [2.05, 4.69) is 16.0 Å². The molecule has 0 unspecified atom stereocenters. The van der Waals surface area contributed by atoms with Crippen molar-refractivity contribution in [2.75, 3.05) is 5.73 Å². The molecule has 2 N–H and O–H groups in total. The number of hydrogen-bond acceptors (Lipinski definition) is 5. The Morgan fingerprint density at radius 1 is 1.22 bits per heavy atom. The van der Waals surface area contributed by atoms with E-state index in [-0.39, 0.29) is 0 Å². The van der Waals surface area contributed by atoms with Crippen molar-refractivity contribution < 1.29 is 0 Å². The number of aromatic nitrogens is 2. The van der Waals surface area contributed by atoms with Crippen molar-refractivity contribution in [1.82, 2.24) is 9.97 Å². The minimum absolute atomic E-state index is 0.799. The van der Waals surface area contributed by atoms with Crippen LogP contribution in [0.15, 0.2) is 46.5 Å². The summed E-state index contributed by atoms with van der Waals surface area (Å²) in [6.07, 6.45) is 3.56. The number of pyridine rings is 1. The summed E-state index contributed by atoms with van der Waals surface area (Å²) in [5.41, 5.74) is 7.90. The van der Waals surface area contributed by atoms with E-state index < -0.39 is 0 Å². The topological polar surface area (TPSA) is 51.8 Å². The molecule has 0 fully saturated rings. The lowest BCUT2D eigenvalue weighted by Gasteiger charge is -2.04. The van der Waals surface area contributed by atoms with Crippen molar-refractivity contribution >= 4 is 39.0 Å². The number of rotatable bonds is 2. The zero-order chi connectivity index (χ0) is 12.5. The quantitative estimate of drug-likeness (QED) is 0.723. The van der Waals surface area contributed by atoms with E-state index in [0.717, 1.165) is 30.7 Å². The largest absolute Gasteiger partial charge is 0.398 e. The summed E-state index contributed by atoms with van der Waals surface area (Å²) in [6.45, 7) is 2.01. The summed E-state index contributed by atoms with van der Waals surface area (Å²) < 4.78 is 1.14. The van der Waals surface area contributed by atoms with E-state index in [0.29, 0.717) is 0 Å². The molecule has 2 heterocycles. The molecule has 0 aliphatic rings. The highest BCUT2D eigenvalue weighted by atomic mass is 32.2. The number of thiazole rings is 1. The van der Waals surface area contributed by atoms with Crippen LogP contribution < -0.4 is 5.73 Å². The van der Waals surface area contributed by atoms with Crippen molar-refractivity contribution in [3.63, 3.8) is 0 Å². The number of nitrogen functional groups attached to an aromatic ring is 1. The van der Waals surface area contributed by atoms with Gasteiger partial charge in [-0.15, -0.1) is 11.3 Å². The third-order valence-corrected chi connectivity index (χ3v) is 4.52. The number of nitrogens with two attached hydrogens (primary N) is 1. The first-order valence-electron chi connectivity index (χ1n) is 5.47. The van der Waals surface area contributed by atoms with E-state index in [4.69, 9.17) is 5.73 Å². The number of fused-ring (bicyclic) bond motifs is 1. The molecule has 0 saturated heterocycles. The highest BCUT2D eigenvalue weighted by Crippen LogP contribution is 2.35. The van der Waals surface area contributed by atoms with E-state index in [9.17, 15) is 0 Å². The lowest BCUT2D eigenvalue weighted by atomic mass is 10.3. The van der Waals surface area contributed by atoms with Gasteiger partial charge in [0, 0.05) is 27.9 Å². The summed E-state index contributed by atoms with van der Waals surface area (Å²) in [5.74, 6) is 0. The van der Waals surface area contributed by atoms with Gasteiger partial charge in [-0.1, -0.05) is 11.8 Å². The van der Waals surface area contributed by atoms with Crippen LogP contribution in [0.4, 0.5) is 5.69 Å². The average molecular weight is 273 g/mol. The van der Waals surface area contributed by atoms with Gasteiger partial charge in [-0.25, -0.2) is 4.98 Å². The molecule has 0 amide bonds. The summed E-state index contributed by atoms with van der Waals surface area (Å²) in [5, 5.41) is 1.07. The van der Waals surface area contributed by atoms with Crippen LogP contribution in [0.1, 0.15) is 5.01 Å². The van der Waals surface area contributed by atoms with Crippen LogP contribution in [0.25, 0.3) is 10.2 Å². The lowest BCUT2D eigenvalue weighted by molar-refractivity contribution is 1.26. The molecule has 1 aromatic carbocycles. The number of aryl methyl sites for hydroxylation is 1. The summed E-state index contributed by atoms with van der Waals surface area (Å²) in [7, 11) is 0. The highest BCUT2D eigenvalue weighted by molar-refractivity contribution is 7.99. The Kier molecular flexibility index (Phi) is 2.93. The molecule has 2 aromatic heterocycles. The van der Waals surface area contributed by atoms with Gasteiger partial charge in [-0.05, 0) is 31.2 Å². The number of anilines is 1. The van der Waals surface area contributed by atoms with Crippen LogP contribution in [0.5, 0.6) is 0 Å². The Hall–Kier alpha value is -1.59. The molecule has 5 heteroatoms. The van der Waals surface area contributed by atoms with Gasteiger partial charge < -0.3 is 5.73 Å². The standard InChI is InChI=1S/C13H11N3S2/c1-8-16-11-7-12(10(14)6-13(11)17-8)18-9-2-4-15-5-3-9/h2-7H,14H2,1H3. The van der Waals surface area contributed by atoms with E-state index in [1.807, 2.05) is 25.1 Å². The van der Waals surface area contributed by atoms with Crippen LogP contribution >= 0.6 is 23.1 Å². The first-order valence-corrected chi connectivity index (χ1v) is 7.10. The second kappa shape index (κ2) is 4.59. The van der Waals surface area contributed by atoms with Gasteiger partial charge in [0.05, 0.1) is 15.2 Å². The maximum absolute atomic E-state index is 6.09. The molecule has 0 aliphatic carbocycles. The Labute approximate surface area is 113 Å². The molecule has 0 aliphatic heterocycles. The highest BCUT2D eigenvalue weighted by Gasteiger charge is 2.07. The van der Waals surface area contributed by atoms with Gasteiger partial charge >= 0.3 is 0 Å². The van der Waals surface area contributed by atoms with Crippen molar-refractivity contribution in [1.29, 1.82) is 0 Å². The Morgan fingerprint density at radius 3 is 2.78 bits per heavy atom. The second-order valence-corrected chi connectivity index (χ2v) is 6.23. The Bertz CT molecular complexity index is 692. The van der Waals surface area contributed by atoms with Crippen LogP contribution in [0.3, 0.4) is 0 Å². The zero-order valence-corrected chi connectivity index (χ0v) is 11.4. The maximum atomic E-state index is 6.09. The molecule has 3 nitrogen and oxygen atoms in total. The number of nitrogens with zero attached hydrogens (tertiary/aromatic N) is 2. The van der Waals surface area contributed by atoms with Crippen molar-refractivity contribution in [3.05, 3.63) is 41.7 Å². The third-order valence-electron chi connectivity index (χ3n) is 2.50. The van der Waals surface area contributed by atoms with Gasteiger partial charge in [0.2, 0.25) is 0 Å². The molecule has 0 saturated carbocycles. The summed E-state index contributed by atoms with van der Waals surface area (Å²) in [4.78, 5) is 10.7. The Balaban J connectivity index is 2.03. The molecule has 0 spiro atoms. The average Bonchev–Trinajstić information content (AvgIpc) is 2.70. The summed E-state index contributed by atoms with van der Waals surface area (Å²) >= 11 is 3.31. The molecule has 0 atom stereocenters. The predicted molar refractivity (Wildman–Crippen MR) is 77.1 cm³/mol. The fourth-order valence-electron chi connectivity index (χ4n) is 1.71. The number of benzene rings is 1. The molecule has 0 radical (unpaired) electrons. The fourth-order valence-corrected chi connectivity index (χ4v) is 3.42. The van der Waals surface area contributed by atoms with Crippen molar-refractivity contribution in [2.24, 2.45) is 0 Å². The molecule has 3 aromatic rings. The normalized spacial score (nSPS) is 10.9. The van der Waals surface area contributed by atoms with E-state index >= 15 is 0 Å². The minimum atomic E-state index is 0.799. The van der Waals surface area contributed by atoms with E-state index in [1.54, 1.807) is 35.5 Å². The van der Waals surface area contributed by atoms with E-state index in [1.165, 1.54) is 0 Å². The Morgan fingerprint density at radius 2 is 2.00 bits per heavy atom. The van der Waals surface area contributed by atoms with Gasteiger partial charge in [0.15, 0.2) is 0 Å². The van der Waals surface area contributed by atoms with Gasteiger partial charge in [-0.2, -0.15) is 0 Å². The smallest absolute Gasteiger partial charge is 0.0907 e. The maximum Gasteiger partial charge on any atom is 0.0907 e. The zero-order valence-electron chi connectivity index (χ0n) is 9.75. The van der Waals surface area contributed by atoms with Crippen LogP contribution in [-0.2, 0) is 0 Å². The van der Waals surface area contributed by atoms with Crippen LogP contribution in [0, 0.1) is 6.92 Å². The molecule has 0 bridgehead atoms. The second-order valence-electron chi connectivity index (χ2n) is 3.88. The predicted octanol–water partition coefficient (Wildman–Crippen LogP) is 3.73. The molecular weight excluding hydrogens is 262 g/mol. The van der Waals surface area contributed by atoms with Gasteiger partial charge in [0.25, 0.3) is 0 Å². The molecule has 3 rings (SSSR count).